The van der Waals surface area contributed by atoms with Crippen molar-refractivity contribution in [3.63, 3.8) is 0 Å². The number of amides is 1. The SMILES string of the molecule is COC(=O)c1sccc1S(=O)(=O)N1CCc2nc(NC(=O)c3cc(C)on3)sc2C1. The molecule has 1 N–H and O–H groups in total. The first-order valence-electron chi connectivity index (χ1n) is 8.69. The number of fused-ring (bicyclic) bond motifs is 1. The molecule has 0 unspecified atom stereocenters. The van der Waals surface area contributed by atoms with Crippen molar-refractivity contribution in [2.24, 2.45) is 0 Å². The van der Waals surface area contributed by atoms with E-state index in [1.54, 1.807) is 12.3 Å². The van der Waals surface area contributed by atoms with E-state index in [1.807, 2.05) is 0 Å². The highest BCUT2D eigenvalue weighted by molar-refractivity contribution is 7.89. The number of thiazole rings is 1. The Morgan fingerprint density at radius 2 is 2.17 bits per heavy atom. The van der Waals surface area contributed by atoms with E-state index >= 15 is 0 Å². The lowest BCUT2D eigenvalue weighted by Gasteiger charge is -2.25. The summed E-state index contributed by atoms with van der Waals surface area (Å²) in [6, 6.07) is 2.91. The maximum atomic E-state index is 13.1. The molecular weight excluding hydrogens is 452 g/mol. The van der Waals surface area contributed by atoms with Gasteiger partial charge in [-0.1, -0.05) is 5.16 Å². The van der Waals surface area contributed by atoms with Gasteiger partial charge < -0.3 is 9.26 Å². The van der Waals surface area contributed by atoms with Gasteiger partial charge in [-0.2, -0.15) is 4.31 Å². The Balaban J connectivity index is 1.53. The quantitative estimate of drug-likeness (QED) is 0.564. The summed E-state index contributed by atoms with van der Waals surface area (Å²) in [6.45, 7) is 2.00. The highest BCUT2D eigenvalue weighted by Crippen LogP contribution is 2.33. The predicted molar refractivity (Wildman–Crippen MR) is 108 cm³/mol. The number of hydrogen-bond acceptors (Lipinski definition) is 10. The lowest BCUT2D eigenvalue weighted by Crippen LogP contribution is -2.36. The van der Waals surface area contributed by atoms with Crippen LogP contribution in [0, 0.1) is 6.92 Å². The Labute approximate surface area is 179 Å². The molecule has 1 aliphatic heterocycles. The maximum absolute atomic E-state index is 13.1. The van der Waals surface area contributed by atoms with Crippen LogP contribution in [-0.4, -0.2) is 48.4 Å². The number of esters is 1. The van der Waals surface area contributed by atoms with Crippen LogP contribution < -0.4 is 5.32 Å². The van der Waals surface area contributed by atoms with E-state index in [-0.39, 0.29) is 28.6 Å². The second-order valence-electron chi connectivity index (χ2n) is 6.36. The molecule has 30 heavy (non-hydrogen) atoms. The van der Waals surface area contributed by atoms with Gasteiger partial charge in [-0.15, -0.1) is 22.7 Å². The number of methoxy groups -OCH3 is 1. The van der Waals surface area contributed by atoms with Gasteiger partial charge in [-0.25, -0.2) is 18.2 Å². The topological polar surface area (TPSA) is 132 Å². The van der Waals surface area contributed by atoms with Crippen LogP contribution in [0.4, 0.5) is 5.13 Å². The van der Waals surface area contributed by atoms with Gasteiger partial charge in [0.25, 0.3) is 5.91 Å². The van der Waals surface area contributed by atoms with Gasteiger partial charge in [0.05, 0.1) is 19.3 Å². The van der Waals surface area contributed by atoms with Gasteiger partial charge in [0, 0.05) is 23.9 Å². The normalized spacial score (nSPS) is 14.3. The van der Waals surface area contributed by atoms with E-state index < -0.39 is 21.9 Å². The summed E-state index contributed by atoms with van der Waals surface area (Å²) in [5.74, 6) is -0.630. The molecule has 3 aromatic heterocycles. The number of hydrogen-bond donors (Lipinski definition) is 1. The summed E-state index contributed by atoms with van der Waals surface area (Å²) < 4.78 is 37.1. The van der Waals surface area contributed by atoms with Crippen molar-refractivity contribution in [3.05, 3.63) is 44.4 Å². The van der Waals surface area contributed by atoms with Crippen molar-refractivity contribution in [2.75, 3.05) is 19.0 Å². The van der Waals surface area contributed by atoms with Crippen molar-refractivity contribution in [2.45, 2.75) is 24.8 Å². The van der Waals surface area contributed by atoms with Gasteiger partial charge >= 0.3 is 5.97 Å². The molecule has 4 rings (SSSR count). The molecule has 0 radical (unpaired) electrons. The third-order valence-electron chi connectivity index (χ3n) is 4.39. The van der Waals surface area contributed by atoms with Crippen LogP contribution in [0.3, 0.4) is 0 Å². The Bertz CT molecular complexity index is 1230. The van der Waals surface area contributed by atoms with Gasteiger partial charge in [-0.3, -0.25) is 10.1 Å². The smallest absolute Gasteiger partial charge is 0.349 e. The second kappa shape index (κ2) is 7.91. The van der Waals surface area contributed by atoms with E-state index in [0.717, 1.165) is 21.9 Å². The number of nitrogens with one attached hydrogen (secondary N) is 1. The van der Waals surface area contributed by atoms with Crippen molar-refractivity contribution in [1.29, 1.82) is 0 Å². The third-order valence-corrected chi connectivity index (χ3v) is 8.30. The number of sulfonamides is 1. The van der Waals surface area contributed by atoms with Gasteiger partial charge in [0.2, 0.25) is 10.0 Å². The van der Waals surface area contributed by atoms with Crippen molar-refractivity contribution in [1.82, 2.24) is 14.4 Å². The average molecular weight is 469 g/mol. The van der Waals surface area contributed by atoms with Crippen LogP contribution in [-0.2, 0) is 27.7 Å². The number of nitrogens with zero attached hydrogens (tertiary/aromatic N) is 3. The summed E-state index contributed by atoms with van der Waals surface area (Å²) in [7, 11) is -2.68. The van der Waals surface area contributed by atoms with E-state index in [0.29, 0.717) is 17.3 Å². The van der Waals surface area contributed by atoms with Crippen molar-refractivity contribution < 1.29 is 27.3 Å². The predicted octanol–water partition coefficient (Wildman–Crippen LogP) is 2.29. The fraction of sp³-hybridized carbons (Fsp3) is 0.294. The molecule has 1 amide bonds. The van der Waals surface area contributed by atoms with Gasteiger partial charge in [-0.05, 0) is 18.4 Å². The van der Waals surface area contributed by atoms with Crippen LogP contribution in [0.2, 0.25) is 0 Å². The fourth-order valence-corrected chi connectivity index (χ4v) is 6.76. The number of aryl methyl sites for hydroxylation is 1. The highest BCUT2D eigenvalue weighted by atomic mass is 32.2. The van der Waals surface area contributed by atoms with E-state index in [2.05, 4.69) is 20.2 Å². The Morgan fingerprint density at radius 1 is 1.37 bits per heavy atom. The number of rotatable bonds is 5. The zero-order valence-electron chi connectivity index (χ0n) is 15.9. The van der Waals surface area contributed by atoms with Crippen LogP contribution in [0.25, 0.3) is 0 Å². The van der Waals surface area contributed by atoms with E-state index in [1.165, 1.54) is 34.9 Å². The second-order valence-corrected chi connectivity index (χ2v) is 10.3. The lowest BCUT2D eigenvalue weighted by atomic mass is 10.2. The lowest BCUT2D eigenvalue weighted by molar-refractivity contribution is 0.0602. The van der Waals surface area contributed by atoms with Crippen LogP contribution in [0.15, 0.2) is 26.9 Å². The molecule has 4 heterocycles. The molecule has 158 valence electrons. The fourth-order valence-electron chi connectivity index (χ4n) is 2.95. The molecule has 13 heteroatoms. The first-order valence-corrected chi connectivity index (χ1v) is 11.8. The number of thiophene rings is 1. The first kappa shape index (κ1) is 20.7. The number of aromatic nitrogens is 2. The average Bonchev–Trinajstić information content (AvgIpc) is 3.45. The molecule has 1 aliphatic rings. The minimum Gasteiger partial charge on any atom is -0.465 e. The zero-order valence-corrected chi connectivity index (χ0v) is 18.3. The summed E-state index contributed by atoms with van der Waals surface area (Å²) in [6.07, 6.45) is 0.391. The van der Waals surface area contributed by atoms with Crippen molar-refractivity contribution in [3.8, 4) is 0 Å². The largest absolute Gasteiger partial charge is 0.465 e. The summed E-state index contributed by atoms with van der Waals surface area (Å²) in [5, 5.41) is 8.22. The number of ether oxygens (including phenoxy) is 1. The number of carbonyl (C=O) groups is 2. The number of carbonyl (C=O) groups excluding carboxylic acids is 2. The van der Waals surface area contributed by atoms with Crippen LogP contribution in [0.1, 0.15) is 36.5 Å². The van der Waals surface area contributed by atoms with Crippen LogP contribution in [0.5, 0.6) is 0 Å². The Hall–Kier alpha value is -2.61. The van der Waals surface area contributed by atoms with Gasteiger partial charge in [0.15, 0.2) is 10.8 Å². The molecule has 0 saturated carbocycles. The Kier molecular flexibility index (Phi) is 5.44. The van der Waals surface area contributed by atoms with Crippen molar-refractivity contribution >= 4 is 49.7 Å². The molecule has 0 atom stereocenters. The van der Waals surface area contributed by atoms with Crippen LogP contribution >= 0.6 is 22.7 Å². The molecule has 10 nitrogen and oxygen atoms in total. The third kappa shape index (κ3) is 3.76. The Morgan fingerprint density at radius 3 is 2.87 bits per heavy atom. The van der Waals surface area contributed by atoms with E-state index in [9.17, 15) is 18.0 Å². The highest BCUT2D eigenvalue weighted by Gasteiger charge is 2.34. The maximum Gasteiger partial charge on any atom is 0.349 e. The monoisotopic (exact) mass is 468 g/mol. The molecular formula is C17H16N4O6S3. The summed E-state index contributed by atoms with van der Waals surface area (Å²) >= 11 is 2.22. The molecule has 0 fully saturated rings. The molecule has 0 saturated heterocycles. The first-order chi connectivity index (χ1) is 14.3. The molecule has 0 aliphatic carbocycles. The van der Waals surface area contributed by atoms with E-state index in [4.69, 9.17) is 4.52 Å². The standard InChI is InChI=1S/C17H16N4O6S3/c1-9-7-11(20-27-9)15(22)19-17-18-10-3-5-21(8-12(10)29-17)30(24,25)13-4-6-28-14(13)16(23)26-2/h4,6-7H,3,5,8H2,1-2H3,(H,18,19,22). The molecule has 3 aromatic rings. The number of anilines is 1. The molecule has 0 bridgehead atoms. The molecule has 0 aromatic carbocycles. The zero-order chi connectivity index (χ0) is 21.5. The van der Waals surface area contributed by atoms with Gasteiger partial charge in [0.1, 0.15) is 15.5 Å². The minimum atomic E-state index is -3.89. The minimum absolute atomic E-state index is 0.0449. The summed E-state index contributed by atoms with van der Waals surface area (Å²) in [4.78, 5) is 29.2. The molecule has 0 spiro atoms. The summed E-state index contributed by atoms with van der Waals surface area (Å²) in [5.41, 5.74) is 0.870.